The molecule has 1 aliphatic heterocycles. The minimum absolute atomic E-state index is 0.144. The highest BCUT2D eigenvalue weighted by Gasteiger charge is 2.27. The largest absolute Gasteiger partial charge is 0.336 e. The topological polar surface area (TPSA) is 37.4 Å². The normalized spacial score (nSPS) is 21.9. The van der Waals surface area contributed by atoms with Gasteiger partial charge in [-0.25, -0.2) is 0 Å². The molecule has 0 radical (unpaired) electrons. The van der Waals surface area contributed by atoms with Crippen LogP contribution in [-0.2, 0) is 9.59 Å². The van der Waals surface area contributed by atoms with Crippen LogP contribution < -0.4 is 0 Å². The molecule has 14 heavy (non-hydrogen) atoms. The lowest BCUT2D eigenvalue weighted by Crippen LogP contribution is -2.32. The van der Waals surface area contributed by atoms with Gasteiger partial charge in [-0.15, -0.1) is 0 Å². The van der Waals surface area contributed by atoms with Crippen molar-refractivity contribution in [3.63, 3.8) is 0 Å². The first-order valence-electron chi connectivity index (χ1n) is 4.82. The lowest BCUT2D eigenvalue weighted by atomic mass is 10.2. The average Bonchev–Trinajstić information content (AvgIpc) is 2.53. The van der Waals surface area contributed by atoms with Crippen molar-refractivity contribution in [2.24, 2.45) is 0 Å². The van der Waals surface area contributed by atoms with Gasteiger partial charge in [0.15, 0.2) is 0 Å². The summed E-state index contributed by atoms with van der Waals surface area (Å²) in [5.41, 5.74) is 0. The Morgan fingerprint density at radius 2 is 2.36 bits per heavy atom. The van der Waals surface area contributed by atoms with E-state index in [1.54, 1.807) is 11.0 Å². The molecule has 0 aromatic heterocycles. The predicted molar refractivity (Wildman–Crippen MR) is 54.8 cm³/mol. The van der Waals surface area contributed by atoms with Gasteiger partial charge < -0.3 is 9.69 Å². The standard InChI is InChI=1S/C11H15NO2/c1-2-3-5-10-6-7-11(14)12(10)8-4-9-13/h2-3,5,9-10H,1,4,6-8H2/b5-3-/t10-/m1/s1. The van der Waals surface area contributed by atoms with Gasteiger partial charge in [-0.2, -0.15) is 0 Å². The van der Waals surface area contributed by atoms with Crippen LogP contribution in [0, 0.1) is 0 Å². The highest BCUT2D eigenvalue weighted by molar-refractivity contribution is 5.79. The Morgan fingerprint density at radius 1 is 1.57 bits per heavy atom. The number of aldehydes is 1. The number of amides is 1. The highest BCUT2D eigenvalue weighted by Crippen LogP contribution is 2.19. The Morgan fingerprint density at radius 3 is 3.00 bits per heavy atom. The van der Waals surface area contributed by atoms with Crippen LogP contribution in [0.15, 0.2) is 24.8 Å². The van der Waals surface area contributed by atoms with Gasteiger partial charge in [-0.1, -0.05) is 24.8 Å². The van der Waals surface area contributed by atoms with Crippen molar-refractivity contribution < 1.29 is 9.59 Å². The molecule has 1 amide bonds. The molecule has 0 aromatic carbocycles. The third kappa shape index (κ3) is 2.55. The van der Waals surface area contributed by atoms with Crippen LogP contribution in [0.4, 0.5) is 0 Å². The maximum absolute atomic E-state index is 11.4. The molecule has 1 heterocycles. The SMILES string of the molecule is C=C/C=C\[C@@H]1CCC(=O)N1CCC=O. The number of rotatable bonds is 5. The molecule has 0 bridgehead atoms. The summed E-state index contributed by atoms with van der Waals surface area (Å²) in [6.07, 6.45) is 8.21. The molecule has 1 atom stereocenters. The van der Waals surface area contributed by atoms with Gasteiger partial charge in [0.05, 0.1) is 6.04 Å². The molecule has 0 N–H and O–H groups in total. The van der Waals surface area contributed by atoms with E-state index >= 15 is 0 Å². The number of allylic oxidation sites excluding steroid dienone is 2. The molecule has 0 unspecified atom stereocenters. The maximum Gasteiger partial charge on any atom is 0.223 e. The fraction of sp³-hybridized carbons (Fsp3) is 0.455. The monoisotopic (exact) mass is 193 g/mol. The highest BCUT2D eigenvalue weighted by atomic mass is 16.2. The molecule has 0 saturated carbocycles. The summed E-state index contributed by atoms with van der Waals surface area (Å²) in [6.45, 7) is 4.12. The molecule has 0 aromatic rings. The van der Waals surface area contributed by atoms with E-state index in [2.05, 4.69) is 6.58 Å². The van der Waals surface area contributed by atoms with Gasteiger partial charge in [0, 0.05) is 19.4 Å². The van der Waals surface area contributed by atoms with Crippen LogP contribution in [0.3, 0.4) is 0 Å². The zero-order chi connectivity index (χ0) is 10.4. The van der Waals surface area contributed by atoms with E-state index in [1.807, 2.05) is 12.2 Å². The van der Waals surface area contributed by atoms with Crippen LogP contribution >= 0.6 is 0 Å². The van der Waals surface area contributed by atoms with Gasteiger partial charge in [0.25, 0.3) is 0 Å². The molecule has 0 spiro atoms. The van der Waals surface area contributed by atoms with E-state index in [1.165, 1.54) is 0 Å². The smallest absolute Gasteiger partial charge is 0.223 e. The summed E-state index contributed by atoms with van der Waals surface area (Å²) >= 11 is 0. The van der Waals surface area contributed by atoms with Gasteiger partial charge in [-0.3, -0.25) is 4.79 Å². The lowest BCUT2D eigenvalue weighted by Gasteiger charge is -2.20. The zero-order valence-electron chi connectivity index (χ0n) is 8.19. The third-order valence-electron chi connectivity index (χ3n) is 2.33. The van der Waals surface area contributed by atoms with E-state index < -0.39 is 0 Å². The van der Waals surface area contributed by atoms with E-state index in [-0.39, 0.29) is 11.9 Å². The first kappa shape index (κ1) is 10.7. The van der Waals surface area contributed by atoms with Crippen molar-refractivity contribution in [2.75, 3.05) is 6.54 Å². The van der Waals surface area contributed by atoms with Gasteiger partial charge in [0.2, 0.25) is 5.91 Å². The molecular formula is C11H15NO2. The number of nitrogens with zero attached hydrogens (tertiary/aromatic N) is 1. The van der Waals surface area contributed by atoms with Crippen LogP contribution in [-0.4, -0.2) is 29.7 Å². The molecule has 1 fully saturated rings. The first-order chi connectivity index (χ1) is 6.79. The number of carbonyl (C=O) groups is 2. The molecule has 1 aliphatic rings. The van der Waals surface area contributed by atoms with Crippen molar-refractivity contribution in [3.05, 3.63) is 24.8 Å². The summed E-state index contributed by atoms with van der Waals surface area (Å²) in [7, 11) is 0. The number of carbonyl (C=O) groups excluding carboxylic acids is 2. The Labute approximate surface area is 84.1 Å². The van der Waals surface area contributed by atoms with Crippen molar-refractivity contribution in [2.45, 2.75) is 25.3 Å². The van der Waals surface area contributed by atoms with Crippen LogP contribution in [0.25, 0.3) is 0 Å². The van der Waals surface area contributed by atoms with Crippen LogP contribution in [0.5, 0.6) is 0 Å². The second-order valence-corrected chi connectivity index (χ2v) is 3.27. The third-order valence-corrected chi connectivity index (χ3v) is 2.33. The number of likely N-dealkylation sites (tertiary alicyclic amines) is 1. The molecule has 76 valence electrons. The van der Waals surface area contributed by atoms with Crippen LogP contribution in [0.1, 0.15) is 19.3 Å². The van der Waals surface area contributed by atoms with Crippen molar-refractivity contribution >= 4 is 12.2 Å². The molecular weight excluding hydrogens is 178 g/mol. The zero-order valence-corrected chi connectivity index (χ0v) is 8.19. The molecule has 3 heteroatoms. The van der Waals surface area contributed by atoms with E-state index in [4.69, 9.17) is 0 Å². The van der Waals surface area contributed by atoms with Crippen molar-refractivity contribution in [1.82, 2.24) is 4.90 Å². The summed E-state index contributed by atoms with van der Waals surface area (Å²) in [5, 5.41) is 0. The maximum atomic E-state index is 11.4. The Bertz CT molecular complexity index is 258. The first-order valence-corrected chi connectivity index (χ1v) is 4.82. The molecule has 1 saturated heterocycles. The molecule has 1 rings (SSSR count). The van der Waals surface area contributed by atoms with Crippen LogP contribution in [0.2, 0.25) is 0 Å². The second-order valence-electron chi connectivity index (χ2n) is 3.27. The molecule has 3 nitrogen and oxygen atoms in total. The fourth-order valence-electron chi connectivity index (χ4n) is 1.65. The summed E-state index contributed by atoms with van der Waals surface area (Å²) in [4.78, 5) is 23.4. The van der Waals surface area contributed by atoms with E-state index in [9.17, 15) is 9.59 Å². The number of hydrogen-bond donors (Lipinski definition) is 0. The predicted octanol–water partition coefficient (Wildman–Crippen LogP) is 1.31. The second kappa shape index (κ2) is 5.37. The van der Waals surface area contributed by atoms with Crippen molar-refractivity contribution in [3.8, 4) is 0 Å². The van der Waals surface area contributed by atoms with E-state index in [0.29, 0.717) is 19.4 Å². The minimum Gasteiger partial charge on any atom is -0.336 e. The Hall–Kier alpha value is -1.38. The Balaban J connectivity index is 2.56. The average molecular weight is 193 g/mol. The summed E-state index contributed by atoms with van der Waals surface area (Å²) in [6, 6.07) is 0.153. The summed E-state index contributed by atoms with van der Waals surface area (Å²) in [5.74, 6) is 0.144. The minimum atomic E-state index is 0.144. The molecule has 0 aliphatic carbocycles. The quantitative estimate of drug-likeness (QED) is 0.487. The fourth-order valence-corrected chi connectivity index (χ4v) is 1.65. The van der Waals surface area contributed by atoms with Gasteiger partial charge in [-0.05, 0) is 6.42 Å². The number of hydrogen-bond acceptors (Lipinski definition) is 2. The van der Waals surface area contributed by atoms with Gasteiger partial charge in [0.1, 0.15) is 6.29 Å². The lowest BCUT2D eigenvalue weighted by molar-refractivity contribution is -0.128. The van der Waals surface area contributed by atoms with Crippen molar-refractivity contribution in [1.29, 1.82) is 0 Å². The summed E-state index contributed by atoms with van der Waals surface area (Å²) < 4.78 is 0. The van der Waals surface area contributed by atoms with E-state index in [0.717, 1.165) is 12.7 Å². The van der Waals surface area contributed by atoms with Gasteiger partial charge >= 0.3 is 0 Å². The Kier molecular flexibility index (Phi) is 4.11.